The maximum absolute atomic E-state index is 10.3. The standard InChI is InChI=1S/C20H27N7O2/c1-2-29-16-9-7-8-15(17(16)28)14-21-25-18-22-19(26-10-3-4-11-26)24-20(23-18)27-12-5-6-13-27/h7-9,14,28H,2-6,10-13H2,1H3,(H,22,23,24,25)/b21-14-. The van der Waals surface area contributed by atoms with E-state index >= 15 is 0 Å². The first-order valence-electron chi connectivity index (χ1n) is 10.2. The van der Waals surface area contributed by atoms with Crippen LogP contribution in [0.3, 0.4) is 0 Å². The number of anilines is 3. The zero-order valence-corrected chi connectivity index (χ0v) is 16.7. The largest absolute Gasteiger partial charge is 0.504 e. The Balaban J connectivity index is 1.54. The van der Waals surface area contributed by atoms with Gasteiger partial charge in [0.25, 0.3) is 0 Å². The van der Waals surface area contributed by atoms with Crippen LogP contribution in [0.15, 0.2) is 23.3 Å². The van der Waals surface area contributed by atoms with Crippen molar-refractivity contribution in [2.75, 3.05) is 48.0 Å². The van der Waals surface area contributed by atoms with E-state index in [0.717, 1.165) is 51.9 Å². The maximum Gasteiger partial charge on any atom is 0.250 e. The Bertz CT molecular complexity index is 828. The van der Waals surface area contributed by atoms with Gasteiger partial charge in [0.2, 0.25) is 17.8 Å². The molecule has 0 unspecified atom stereocenters. The van der Waals surface area contributed by atoms with Gasteiger partial charge < -0.3 is 19.6 Å². The Morgan fingerprint density at radius 1 is 1.03 bits per heavy atom. The van der Waals surface area contributed by atoms with Crippen LogP contribution in [0.4, 0.5) is 17.8 Å². The van der Waals surface area contributed by atoms with E-state index in [1.807, 2.05) is 13.0 Å². The van der Waals surface area contributed by atoms with E-state index in [2.05, 4.69) is 30.3 Å². The van der Waals surface area contributed by atoms with E-state index in [0.29, 0.717) is 35.8 Å². The molecule has 3 heterocycles. The van der Waals surface area contributed by atoms with Gasteiger partial charge in [-0.3, -0.25) is 0 Å². The molecular weight excluding hydrogens is 370 g/mol. The van der Waals surface area contributed by atoms with Crippen LogP contribution in [-0.4, -0.2) is 59.1 Å². The second-order valence-electron chi connectivity index (χ2n) is 7.14. The molecule has 2 aliphatic rings. The smallest absolute Gasteiger partial charge is 0.250 e. The van der Waals surface area contributed by atoms with E-state index in [-0.39, 0.29) is 5.75 Å². The number of phenolic OH excluding ortho intramolecular Hbond substituents is 1. The molecule has 2 aliphatic heterocycles. The van der Waals surface area contributed by atoms with Crippen molar-refractivity contribution in [2.24, 2.45) is 5.10 Å². The number of ether oxygens (including phenoxy) is 1. The molecule has 9 nitrogen and oxygen atoms in total. The van der Waals surface area contributed by atoms with Gasteiger partial charge in [0, 0.05) is 31.7 Å². The molecule has 2 fully saturated rings. The van der Waals surface area contributed by atoms with Crippen LogP contribution in [-0.2, 0) is 0 Å². The molecule has 9 heteroatoms. The highest BCUT2D eigenvalue weighted by atomic mass is 16.5. The second kappa shape index (κ2) is 8.93. The molecule has 0 radical (unpaired) electrons. The average Bonchev–Trinajstić information content (AvgIpc) is 3.45. The first-order chi connectivity index (χ1) is 14.2. The van der Waals surface area contributed by atoms with Crippen molar-refractivity contribution in [3.05, 3.63) is 23.8 Å². The molecule has 0 bridgehead atoms. The van der Waals surface area contributed by atoms with Gasteiger partial charge in [0.05, 0.1) is 12.8 Å². The SMILES string of the molecule is CCOc1cccc(/C=N\Nc2nc(N3CCCC3)nc(N3CCCC3)n2)c1O. The summed E-state index contributed by atoms with van der Waals surface area (Å²) in [6, 6.07) is 5.30. The molecular formula is C20H27N7O2. The molecule has 0 atom stereocenters. The van der Waals surface area contributed by atoms with Gasteiger partial charge in [-0.15, -0.1) is 0 Å². The van der Waals surface area contributed by atoms with Crippen LogP contribution in [0, 0.1) is 0 Å². The number of aromatic nitrogens is 3. The van der Waals surface area contributed by atoms with Crippen LogP contribution in [0.25, 0.3) is 0 Å². The van der Waals surface area contributed by atoms with Crippen LogP contribution < -0.4 is 20.0 Å². The zero-order valence-electron chi connectivity index (χ0n) is 16.7. The molecule has 1 aromatic heterocycles. The minimum Gasteiger partial charge on any atom is -0.504 e. The second-order valence-corrected chi connectivity index (χ2v) is 7.14. The lowest BCUT2D eigenvalue weighted by molar-refractivity contribution is 0.318. The Morgan fingerprint density at radius 3 is 2.24 bits per heavy atom. The first kappa shape index (κ1) is 19.2. The lowest BCUT2D eigenvalue weighted by Gasteiger charge is -2.20. The molecule has 0 saturated carbocycles. The van der Waals surface area contributed by atoms with Crippen molar-refractivity contribution in [3.8, 4) is 11.5 Å². The van der Waals surface area contributed by atoms with Gasteiger partial charge in [-0.2, -0.15) is 20.1 Å². The van der Waals surface area contributed by atoms with Gasteiger partial charge in [-0.25, -0.2) is 5.43 Å². The van der Waals surface area contributed by atoms with Crippen LogP contribution in [0.2, 0.25) is 0 Å². The Kier molecular flexibility index (Phi) is 5.92. The number of hydrogen-bond donors (Lipinski definition) is 2. The molecule has 1 aromatic carbocycles. The van der Waals surface area contributed by atoms with Crippen molar-refractivity contribution in [1.29, 1.82) is 0 Å². The summed E-state index contributed by atoms with van der Waals surface area (Å²) in [6.45, 7) is 6.21. The van der Waals surface area contributed by atoms with Crippen LogP contribution >= 0.6 is 0 Å². The number of hydrazone groups is 1. The highest BCUT2D eigenvalue weighted by molar-refractivity contribution is 5.85. The molecule has 2 N–H and O–H groups in total. The number of benzene rings is 1. The highest BCUT2D eigenvalue weighted by Gasteiger charge is 2.21. The number of aromatic hydroxyl groups is 1. The number of nitrogens with one attached hydrogen (secondary N) is 1. The fourth-order valence-corrected chi connectivity index (χ4v) is 3.60. The molecule has 2 aromatic rings. The number of para-hydroxylation sites is 1. The van der Waals surface area contributed by atoms with Crippen molar-refractivity contribution in [2.45, 2.75) is 32.6 Å². The molecule has 0 amide bonds. The quantitative estimate of drug-likeness (QED) is 0.543. The molecule has 154 valence electrons. The van der Waals surface area contributed by atoms with Gasteiger partial charge in [-0.1, -0.05) is 6.07 Å². The van der Waals surface area contributed by atoms with Crippen LogP contribution in [0.1, 0.15) is 38.2 Å². The van der Waals surface area contributed by atoms with Crippen molar-refractivity contribution >= 4 is 24.1 Å². The van der Waals surface area contributed by atoms with E-state index < -0.39 is 0 Å². The third-order valence-electron chi connectivity index (χ3n) is 5.09. The van der Waals surface area contributed by atoms with E-state index in [9.17, 15) is 5.11 Å². The molecule has 29 heavy (non-hydrogen) atoms. The fraction of sp³-hybridized carbons (Fsp3) is 0.500. The summed E-state index contributed by atoms with van der Waals surface area (Å²) < 4.78 is 5.41. The van der Waals surface area contributed by atoms with Gasteiger partial charge in [-0.05, 0) is 44.7 Å². The number of hydrogen-bond acceptors (Lipinski definition) is 9. The van der Waals surface area contributed by atoms with E-state index in [1.54, 1.807) is 12.1 Å². The molecule has 2 saturated heterocycles. The highest BCUT2D eigenvalue weighted by Crippen LogP contribution is 2.28. The predicted octanol–water partition coefficient (Wildman–Crippen LogP) is 2.62. The first-order valence-corrected chi connectivity index (χ1v) is 10.2. The minimum atomic E-state index is 0.0612. The predicted molar refractivity (Wildman–Crippen MR) is 113 cm³/mol. The summed E-state index contributed by atoms with van der Waals surface area (Å²) in [6.07, 6.45) is 6.15. The number of rotatable bonds is 7. The van der Waals surface area contributed by atoms with Gasteiger partial charge in [0.15, 0.2) is 11.5 Å². The number of phenols is 1. The van der Waals surface area contributed by atoms with Crippen molar-refractivity contribution in [3.63, 3.8) is 0 Å². The van der Waals surface area contributed by atoms with Gasteiger partial charge >= 0.3 is 0 Å². The molecule has 4 rings (SSSR count). The minimum absolute atomic E-state index is 0.0612. The summed E-state index contributed by atoms with van der Waals surface area (Å²) in [4.78, 5) is 18.2. The average molecular weight is 397 g/mol. The lowest BCUT2D eigenvalue weighted by Crippen LogP contribution is -2.25. The topological polar surface area (TPSA) is 99.0 Å². The summed E-state index contributed by atoms with van der Waals surface area (Å²) in [7, 11) is 0. The van der Waals surface area contributed by atoms with Crippen LogP contribution in [0.5, 0.6) is 11.5 Å². The monoisotopic (exact) mass is 397 g/mol. The van der Waals surface area contributed by atoms with E-state index in [1.165, 1.54) is 6.21 Å². The summed E-state index contributed by atoms with van der Waals surface area (Å²) >= 11 is 0. The molecule has 0 spiro atoms. The fourth-order valence-electron chi connectivity index (χ4n) is 3.60. The zero-order chi connectivity index (χ0) is 20.1. The summed E-state index contributed by atoms with van der Waals surface area (Å²) in [5, 5.41) is 14.5. The van der Waals surface area contributed by atoms with Gasteiger partial charge in [0.1, 0.15) is 0 Å². The Hall–Kier alpha value is -3.10. The third kappa shape index (κ3) is 4.49. The van der Waals surface area contributed by atoms with Crippen molar-refractivity contribution < 1.29 is 9.84 Å². The Labute approximate surface area is 170 Å². The molecule has 0 aliphatic carbocycles. The number of nitrogens with zero attached hydrogens (tertiary/aromatic N) is 6. The normalized spacial score (nSPS) is 16.7. The lowest BCUT2D eigenvalue weighted by atomic mass is 10.2. The summed E-state index contributed by atoms with van der Waals surface area (Å²) in [5.41, 5.74) is 3.45. The third-order valence-corrected chi connectivity index (χ3v) is 5.09. The Morgan fingerprint density at radius 2 is 1.66 bits per heavy atom. The maximum atomic E-state index is 10.3. The van der Waals surface area contributed by atoms with Crippen molar-refractivity contribution in [1.82, 2.24) is 15.0 Å². The van der Waals surface area contributed by atoms with E-state index in [4.69, 9.17) is 9.72 Å². The summed E-state index contributed by atoms with van der Waals surface area (Å²) in [5.74, 6) is 2.28.